The molecule has 8 nitrogen and oxygen atoms in total. The summed E-state index contributed by atoms with van der Waals surface area (Å²) in [4.78, 5) is 0. The number of para-hydroxylation sites is 1. The molecule has 2 aromatic rings. The lowest BCUT2D eigenvalue weighted by molar-refractivity contribution is 0.0923. The van der Waals surface area contributed by atoms with Crippen LogP contribution in [0.25, 0.3) is 0 Å². The maximum Gasteiger partial charge on any atom is 0.233 e. The number of aliphatic hydroxyl groups is 1. The van der Waals surface area contributed by atoms with Crippen molar-refractivity contribution in [3.05, 3.63) is 41.4 Å². The molecule has 0 saturated carbocycles. The van der Waals surface area contributed by atoms with E-state index in [0.717, 1.165) is 0 Å². The summed E-state index contributed by atoms with van der Waals surface area (Å²) < 4.78 is 11.1. The molecule has 0 aliphatic heterocycles. The number of nitrogen functional groups attached to an aromatic ring is 1. The quantitative estimate of drug-likeness (QED) is 0.362. The first-order valence-electron chi connectivity index (χ1n) is 8.13. The third kappa shape index (κ3) is 6.64. The second-order valence-corrected chi connectivity index (χ2v) is 6.76. The molecule has 0 amide bonds. The summed E-state index contributed by atoms with van der Waals surface area (Å²) in [7, 11) is 0. The van der Waals surface area contributed by atoms with Gasteiger partial charge in [-0.2, -0.15) is 0 Å². The Kier molecular flexibility index (Phi) is 7.40. The highest BCUT2D eigenvalue weighted by Crippen LogP contribution is 2.23. The molecule has 9 heteroatoms. The van der Waals surface area contributed by atoms with Crippen molar-refractivity contribution in [3.8, 4) is 11.6 Å². The van der Waals surface area contributed by atoms with Crippen LogP contribution in [0.2, 0.25) is 5.02 Å². The Hall–Kier alpha value is -2.13. The molecule has 0 radical (unpaired) electrons. The number of anilines is 1. The highest BCUT2D eigenvalue weighted by atomic mass is 35.5. The zero-order chi connectivity index (χ0) is 19.0. The number of nitrogens with one attached hydrogen (secondary N) is 2. The van der Waals surface area contributed by atoms with Gasteiger partial charge in [-0.3, -0.25) is 0 Å². The van der Waals surface area contributed by atoms with E-state index in [9.17, 15) is 5.11 Å². The van der Waals surface area contributed by atoms with Gasteiger partial charge in [0.05, 0.1) is 5.02 Å². The number of benzene rings is 1. The summed E-state index contributed by atoms with van der Waals surface area (Å²) >= 11 is 6.02. The van der Waals surface area contributed by atoms with E-state index >= 15 is 0 Å². The topological polar surface area (TPSA) is 115 Å². The Labute approximate surface area is 157 Å². The molecule has 0 saturated heterocycles. The normalized spacial score (nSPS) is 12.5. The SMILES string of the molecule is CC(C)(COc1ccc(NN)nn1)NC[C@@H](O)COc1ccccc1Cl. The molecule has 1 heterocycles. The monoisotopic (exact) mass is 381 g/mol. The summed E-state index contributed by atoms with van der Waals surface area (Å²) in [5.41, 5.74) is 2.01. The van der Waals surface area contributed by atoms with Crippen molar-refractivity contribution < 1.29 is 14.6 Å². The number of hydrazine groups is 1. The molecule has 0 aliphatic carbocycles. The average Bonchev–Trinajstić information content (AvgIpc) is 2.65. The molecule has 0 unspecified atom stereocenters. The molecule has 0 bridgehead atoms. The number of hydrogen-bond donors (Lipinski definition) is 4. The van der Waals surface area contributed by atoms with Gasteiger partial charge >= 0.3 is 0 Å². The number of nitrogens with zero attached hydrogens (tertiary/aromatic N) is 2. The van der Waals surface area contributed by atoms with Crippen LogP contribution in [0.4, 0.5) is 5.82 Å². The molecule has 1 aromatic heterocycles. The van der Waals surface area contributed by atoms with E-state index in [4.69, 9.17) is 26.9 Å². The highest BCUT2D eigenvalue weighted by molar-refractivity contribution is 6.32. The van der Waals surface area contributed by atoms with Crippen molar-refractivity contribution in [1.82, 2.24) is 15.5 Å². The second kappa shape index (κ2) is 9.54. The average molecular weight is 382 g/mol. The Morgan fingerprint density at radius 3 is 2.62 bits per heavy atom. The number of halogens is 1. The van der Waals surface area contributed by atoms with Gasteiger partial charge in [-0.05, 0) is 32.0 Å². The lowest BCUT2D eigenvalue weighted by Crippen LogP contribution is -2.48. The fraction of sp³-hybridized carbons (Fsp3) is 0.412. The molecule has 1 atom stereocenters. The van der Waals surface area contributed by atoms with Crippen molar-refractivity contribution in [2.45, 2.75) is 25.5 Å². The predicted octanol–water partition coefficient (Wildman–Crippen LogP) is 1.60. The van der Waals surface area contributed by atoms with Gasteiger partial charge < -0.3 is 25.3 Å². The smallest absolute Gasteiger partial charge is 0.233 e. The molecule has 142 valence electrons. The van der Waals surface area contributed by atoms with E-state index in [2.05, 4.69) is 20.9 Å². The Balaban J connectivity index is 1.72. The van der Waals surface area contributed by atoms with Crippen LogP contribution in [-0.4, -0.2) is 46.7 Å². The van der Waals surface area contributed by atoms with Crippen LogP contribution in [0, 0.1) is 0 Å². The van der Waals surface area contributed by atoms with Gasteiger partial charge in [0.2, 0.25) is 5.88 Å². The van der Waals surface area contributed by atoms with E-state index in [1.54, 1.807) is 24.3 Å². The Morgan fingerprint density at radius 1 is 1.19 bits per heavy atom. The van der Waals surface area contributed by atoms with Gasteiger partial charge in [0, 0.05) is 18.2 Å². The van der Waals surface area contributed by atoms with Crippen molar-refractivity contribution in [1.29, 1.82) is 0 Å². The zero-order valence-electron chi connectivity index (χ0n) is 14.8. The summed E-state index contributed by atoms with van der Waals surface area (Å²) in [6, 6.07) is 10.5. The second-order valence-electron chi connectivity index (χ2n) is 6.35. The number of aliphatic hydroxyl groups excluding tert-OH is 1. The first-order valence-corrected chi connectivity index (χ1v) is 8.51. The first kappa shape index (κ1) is 20.2. The minimum Gasteiger partial charge on any atom is -0.489 e. The molecule has 0 spiro atoms. The van der Waals surface area contributed by atoms with Gasteiger partial charge in [0.1, 0.15) is 25.1 Å². The maximum absolute atomic E-state index is 10.1. The van der Waals surface area contributed by atoms with Gasteiger partial charge in [0.15, 0.2) is 5.82 Å². The lowest BCUT2D eigenvalue weighted by Gasteiger charge is -2.27. The summed E-state index contributed by atoms with van der Waals surface area (Å²) in [5, 5.41) is 21.6. The molecule has 26 heavy (non-hydrogen) atoms. The Morgan fingerprint density at radius 2 is 1.96 bits per heavy atom. The van der Waals surface area contributed by atoms with Crippen LogP contribution >= 0.6 is 11.6 Å². The molecule has 0 aliphatic rings. The fourth-order valence-corrected chi connectivity index (χ4v) is 2.17. The molecule has 1 aromatic carbocycles. The predicted molar refractivity (Wildman–Crippen MR) is 100 cm³/mol. The minimum absolute atomic E-state index is 0.132. The third-order valence-corrected chi connectivity index (χ3v) is 3.77. The van der Waals surface area contributed by atoms with Crippen LogP contribution in [0.15, 0.2) is 36.4 Å². The number of β-amino-alcohol motifs (C(OH)–C–C–N with tert-alkyl or cyclic N) is 1. The van der Waals surface area contributed by atoms with Gasteiger partial charge in [-0.1, -0.05) is 23.7 Å². The molecule has 0 fully saturated rings. The standard InChI is InChI=1S/C17H24ClN5O3/c1-17(2,11-26-16-8-7-15(21-19)22-23-16)20-9-12(24)10-25-14-6-4-3-5-13(14)18/h3-8,12,20,24H,9-11,19H2,1-2H3,(H,21,22)/t12-/m1/s1. The van der Waals surface area contributed by atoms with Crippen LogP contribution in [0.3, 0.4) is 0 Å². The fourth-order valence-electron chi connectivity index (χ4n) is 1.98. The van der Waals surface area contributed by atoms with Crippen molar-refractivity contribution in [2.24, 2.45) is 5.84 Å². The van der Waals surface area contributed by atoms with Crippen LogP contribution < -0.4 is 26.1 Å². The van der Waals surface area contributed by atoms with E-state index in [0.29, 0.717) is 35.6 Å². The molecular formula is C17H24ClN5O3. The van der Waals surface area contributed by atoms with Gasteiger partial charge in [-0.25, -0.2) is 5.84 Å². The van der Waals surface area contributed by atoms with Crippen LogP contribution in [-0.2, 0) is 0 Å². The minimum atomic E-state index is -0.694. The highest BCUT2D eigenvalue weighted by Gasteiger charge is 2.20. The summed E-state index contributed by atoms with van der Waals surface area (Å²) in [6.07, 6.45) is -0.694. The maximum atomic E-state index is 10.1. The number of aromatic nitrogens is 2. The van der Waals surface area contributed by atoms with E-state index in [-0.39, 0.29) is 6.61 Å². The van der Waals surface area contributed by atoms with E-state index in [1.807, 2.05) is 26.0 Å². The van der Waals surface area contributed by atoms with Crippen molar-refractivity contribution >= 4 is 17.4 Å². The van der Waals surface area contributed by atoms with Crippen LogP contribution in [0.1, 0.15) is 13.8 Å². The Bertz CT molecular complexity index is 684. The van der Waals surface area contributed by atoms with E-state index < -0.39 is 11.6 Å². The number of ether oxygens (including phenoxy) is 2. The summed E-state index contributed by atoms with van der Waals surface area (Å²) in [6.45, 7) is 4.72. The number of nitrogens with two attached hydrogens (primary N) is 1. The third-order valence-electron chi connectivity index (χ3n) is 3.45. The van der Waals surface area contributed by atoms with Crippen molar-refractivity contribution in [2.75, 3.05) is 25.2 Å². The van der Waals surface area contributed by atoms with E-state index in [1.165, 1.54) is 0 Å². The lowest BCUT2D eigenvalue weighted by atomic mass is 10.1. The van der Waals surface area contributed by atoms with Crippen LogP contribution in [0.5, 0.6) is 11.6 Å². The largest absolute Gasteiger partial charge is 0.489 e. The van der Waals surface area contributed by atoms with Gasteiger partial charge in [0.25, 0.3) is 0 Å². The van der Waals surface area contributed by atoms with Crippen molar-refractivity contribution in [3.63, 3.8) is 0 Å². The molecule has 2 rings (SSSR count). The first-order chi connectivity index (χ1) is 12.4. The molecule has 5 N–H and O–H groups in total. The molecular weight excluding hydrogens is 358 g/mol. The number of rotatable bonds is 10. The summed E-state index contributed by atoms with van der Waals surface area (Å²) in [5.74, 6) is 6.63. The number of hydrogen-bond acceptors (Lipinski definition) is 8. The van der Waals surface area contributed by atoms with Gasteiger partial charge in [-0.15, -0.1) is 10.2 Å². The zero-order valence-corrected chi connectivity index (χ0v) is 15.5.